The van der Waals surface area contributed by atoms with Gasteiger partial charge in [0.15, 0.2) is 0 Å². The van der Waals surface area contributed by atoms with Gasteiger partial charge in [0.05, 0.1) is 18.5 Å². The summed E-state index contributed by atoms with van der Waals surface area (Å²) in [6, 6.07) is 7.22. The van der Waals surface area contributed by atoms with E-state index in [1.165, 1.54) is 8.99 Å². The molecule has 0 spiro atoms. The molecule has 1 aromatic heterocycles. The van der Waals surface area contributed by atoms with Crippen molar-refractivity contribution in [2.75, 3.05) is 13.7 Å². The molecule has 1 N–H and O–H groups in total. The molecule has 0 saturated heterocycles. The molecule has 0 saturated carbocycles. The summed E-state index contributed by atoms with van der Waals surface area (Å²) in [5.41, 5.74) is 3.60. The van der Waals surface area contributed by atoms with Gasteiger partial charge in [-0.15, -0.1) is 0 Å². The lowest BCUT2D eigenvalue weighted by atomic mass is 10.0. The Morgan fingerprint density at radius 3 is 2.67 bits per heavy atom. The fourth-order valence-electron chi connectivity index (χ4n) is 4.53. The number of rotatable bonds is 4. The van der Waals surface area contributed by atoms with Gasteiger partial charge in [0.25, 0.3) is 5.56 Å². The number of hydrogen-bond donors (Lipinski definition) is 1. The van der Waals surface area contributed by atoms with Gasteiger partial charge >= 0.3 is 0 Å². The number of H-pyrrole nitrogens is 1. The molecule has 0 radical (unpaired) electrons. The molecule has 2 aromatic rings. The molecule has 2 aliphatic heterocycles. The van der Waals surface area contributed by atoms with Crippen LogP contribution in [0.1, 0.15) is 37.4 Å². The highest BCUT2D eigenvalue weighted by Crippen LogP contribution is 2.36. The van der Waals surface area contributed by atoms with E-state index in [1.54, 1.807) is 31.5 Å². The maximum Gasteiger partial charge on any atom is 0.275 e. The van der Waals surface area contributed by atoms with Crippen LogP contribution in [0.2, 0.25) is 0 Å². The maximum atomic E-state index is 13.6. The molecule has 1 atom stereocenters. The predicted molar refractivity (Wildman–Crippen MR) is 128 cm³/mol. The first kappa shape index (κ1) is 21.5. The van der Waals surface area contributed by atoms with Gasteiger partial charge in [-0.1, -0.05) is 23.8 Å². The van der Waals surface area contributed by atoms with Crippen LogP contribution in [0, 0.1) is 0 Å². The number of benzene rings is 1. The number of hydrogen-bond acceptors (Lipinski definition) is 5. The molecule has 1 aromatic carbocycles. The van der Waals surface area contributed by atoms with Crippen molar-refractivity contribution in [3.8, 4) is 11.4 Å². The minimum atomic E-state index is -3.69. The Balaban J connectivity index is 1.59. The van der Waals surface area contributed by atoms with Crippen molar-refractivity contribution in [3.05, 3.63) is 75.5 Å². The topological polar surface area (TPSA) is 96.8 Å². The Hall–Kier alpha value is -3.33. The molecule has 0 fully saturated rings. The van der Waals surface area contributed by atoms with Gasteiger partial charge in [0.2, 0.25) is 10.0 Å². The summed E-state index contributed by atoms with van der Waals surface area (Å²) < 4.78 is 35.3. The Bertz CT molecular complexity index is 1370. The average molecular weight is 467 g/mol. The number of aromatic amines is 1. The highest BCUT2D eigenvalue weighted by Gasteiger charge is 2.37. The summed E-state index contributed by atoms with van der Waals surface area (Å²) in [5.74, 6) is 1.12. The Labute approximate surface area is 192 Å². The summed E-state index contributed by atoms with van der Waals surface area (Å²) in [7, 11) is -2.09. The summed E-state index contributed by atoms with van der Waals surface area (Å²) in [6.45, 7) is 2.13. The van der Waals surface area contributed by atoms with Gasteiger partial charge in [-0.25, -0.2) is 18.1 Å². The van der Waals surface area contributed by atoms with Crippen LogP contribution >= 0.6 is 0 Å². The van der Waals surface area contributed by atoms with Crippen molar-refractivity contribution in [2.24, 2.45) is 4.99 Å². The summed E-state index contributed by atoms with van der Waals surface area (Å²) in [6.07, 6.45) is 9.33. The number of allylic oxidation sites excluding steroid dienone is 4. The van der Waals surface area contributed by atoms with Crippen LogP contribution in [0.3, 0.4) is 0 Å². The molecule has 1 unspecified atom stereocenters. The largest absolute Gasteiger partial charge is 0.497 e. The van der Waals surface area contributed by atoms with Crippen LogP contribution in [0.5, 0.6) is 5.75 Å². The van der Waals surface area contributed by atoms with Gasteiger partial charge in [-0.2, -0.15) is 0 Å². The molecular weight excluding hydrogens is 440 g/mol. The zero-order valence-electron chi connectivity index (χ0n) is 18.6. The molecule has 33 heavy (non-hydrogen) atoms. The SMILES string of the molecule is COc1ccc(-n2[nH]c3c(c2=O)CCN(S(=O)(=O)C2C=CC(C)=CC2)C2=C3CCC=N2)cc1. The maximum absolute atomic E-state index is 13.6. The number of aromatic nitrogens is 2. The van der Waals surface area contributed by atoms with E-state index in [0.29, 0.717) is 54.2 Å². The molecule has 3 heterocycles. The number of ether oxygens (including phenoxy) is 1. The fourth-order valence-corrected chi connectivity index (χ4v) is 6.21. The number of methoxy groups -OCH3 is 1. The standard InChI is InChI=1S/C24H26N4O4S/c1-16-5-11-19(12-6-16)33(30,31)27-15-13-21-22(20-4-3-14-25-23(20)27)26-28(24(21)29)17-7-9-18(32-2)10-8-17/h5-11,14,19,26H,3-4,12-13,15H2,1-2H3. The van der Waals surface area contributed by atoms with Crippen molar-refractivity contribution < 1.29 is 13.2 Å². The molecule has 8 nitrogen and oxygen atoms in total. The van der Waals surface area contributed by atoms with E-state index in [4.69, 9.17) is 4.74 Å². The highest BCUT2D eigenvalue weighted by molar-refractivity contribution is 7.90. The molecule has 5 rings (SSSR count). The second-order valence-electron chi connectivity index (χ2n) is 8.40. The number of aliphatic imine (C=N–C) groups is 1. The molecule has 3 aliphatic rings. The lowest BCUT2D eigenvalue weighted by Crippen LogP contribution is -2.39. The van der Waals surface area contributed by atoms with Crippen LogP contribution in [-0.4, -0.2) is 47.6 Å². The first-order chi connectivity index (χ1) is 15.9. The summed E-state index contributed by atoms with van der Waals surface area (Å²) in [5, 5.41) is 2.60. The van der Waals surface area contributed by atoms with Crippen molar-refractivity contribution in [2.45, 2.75) is 37.9 Å². The monoisotopic (exact) mass is 466 g/mol. The van der Waals surface area contributed by atoms with Gasteiger partial charge in [0.1, 0.15) is 16.8 Å². The van der Waals surface area contributed by atoms with E-state index in [0.717, 1.165) is 11.1 Å². The molecule has 9 heteroatoms. The Morgan fingerprint density at radius 2 is 1.97 bits per heavy atom. The average Bonchev–Trinajstić information content (AvgIpc) is 3.05. The molecule has 0 amide bonds. The summed E-state index contributed by atoms with van der Waals surface area (Å²) >= 11 is 0. The quantitative estimate of drug-likeness (QED) is 0.749. The Kier molecular flexibility index (Phi) is 5.36. The van der Waals surface area contributed by atoms with Crippen LogP contribution in [-0.2, 0) is 16.4 Å². The zero-order chi connectivity index (χ0) is 23.2. The molecule has 0 bridgehead atoms. The number of nitrogens with zero attached hydrogens (tertiary/aromatic N) is 3. The van der Waals surface area contributed by atoms with Crippen LogP contribution < -0.4 is 10.3 Å². The third kappa shape index (κ3) is 3.66. The lowest BCUT2D eigenvalue weighted by molar-refractivity contribution is 0.414. The highest BCUT2D eigenvalue weighted by atomic mass is 32.2. The first-order valence-corrected chi connectivity index (χ1v) is 12.5. The van der Waals surface area contributed by atoms with Crippen molar-refractivity contribution >= 4 is 21.8 Å². The number of sulfonamides is 1. The second kappa shape index (κ2) is 8.22. The first-order valence-electron chi connectivity index (χ1n) is 11.0. The molecule has 172 valence electrons. The van der Waals surface area contributed by atoms with E-state index in [9.17, 15) is 13.2 Å². The van der Waals surface area contributed by atoms with Crippen molar-refractivity contribution in [1.29, 1.82) is 0 Å². The minimum absolute atomic E-state index is 0.174. The van der Waals surface area contributed by atoms with E-state index in [1.807, 2.05) is 31.2 Å². The summed E-state index contributed by atoms with van der Waals surface area (Å²) in [4.78, 5) is 17.9. The number of fused-ring (bicyclic) bond motifs is 2. The molecular formula is C24H26N4O4S. The molecule has 1 aliphatic carbocycles. The zero-order valence-corrected chi connectivity index (χ0v) is 19.4. The minimum Gasteiger partial charge on any atom is -0.497 e. The fraction of sp³-hybridized carbons (Fsp3) is 0.333. The van der Waals surface area contributed by atoms with Gasteiger partial charge in [0, 0.05) is 23.9 Å². The van der Waals surface area contributed by atoms with E-state index < -0.39 is 15.3 Å². The smallest absolute Gasteiger partial charge is 0.275 e. The predicted octanol–water partition coefficient (Wildman–Crippen LogP) is 3.17. The number of nitrogens with one attached hydrogen (secondary N) is 1. The van der Waals surface area contributed by atoms with Crippen molar-refractivity contribution in [1.82, 2.24) is 14.1 Å². The van der Waals surface area contributed by atoms with Gasteiger partial charge < -0.3 is 4.74 Å². The van der Waals surface area contributed by atoms with Crippen LogP contribution in [0.15, 0.2) is 63.7 Å². The lowest BCUT2D eigenvalue weighted by Gasteiger charge is -2.29. The van der Waals surface area contributed by atoms with E-state index >= 15 is 0 Å². The second-order valence-corrected chi connectivity index (χ2v) is 10.5. The van der Waals surface area contributed by atoms with E-state index in [2.05, 4.69) is 10.1 Å². The van der Waals surface area contributed by atoms with Crippen LogP contribution in [0.4, 0.5) is 0 Å². The van der Waals surface area contributed by atoms with Crippen LogP contribution in [0.25, 0.3) is 11.3 Å². The third-order valence-electron chi connectivity index (χ3n) is 6.36. The Morgan fingerprint density at radius 1 is 1.18 bits per heavy atom. The normalized spacial score (nSPS) is 20.2. The van der Waals surface area contributed by atoms with E-state index in [-0.39, 0.29) is 12.1 Å². The van der Waals surface area contributed by atoms with Gasteiger partial charge in [-0.3, -0.25) is 14.2 Å². The van der Waals surface area contributed by atoms with Gasteiger partial charge in [-0.05, 0) is 56.9 Å². The van der Waals surface area contributed by atoms with Crippen molar-refractivity contribution in [3.63, 3.8) is 0 Å². The third-order valence-corrected chi connectivity index (χ3v) is 8.45.